The summed E-state index contributed by atoms with van der Waals surface area (Å²) in [5.74, 6) is 0.892. The lowest BCUT2D eigenvalue weighted by atomic mass is 10.1. The summed E-state index contributed by atoms with van der Waals surface area (Å²) in [7, 11) is 0. The molecule has 2 rings (SSSR count). The molecule has 3 heteroatoms. The second-order valence-electron chi connectivity index (χ2n) is 2.65. The minimum absolute atomic E-state index is 0.661. The van der Waals surface area contributed by atoms with Crippen LogP contribution >= 0.6 is 11.3 Å². The van der Waals surface area contributed by atoms with Gasteiger partial charge in [-0.2, -0.15) is 4.89 Å². The van der Waals surface area contributed by atoms with Crippen LogP contribution in [0.25, 0.3) is 0 Å². The Kier molecular flexibility index (Phi) is 2.15. The van der Waals surface area contributed by atoms with E-state index in [1.54, 1.807) is 11.3 Å². The maximum absolute atomic E-state index is 5.03. The van der Waals surface area contributed by atoms with Gasteiger partial charge >= 0.3 is 0 Å². The first-order valence-electron chi connectivity index (χ1n) is 3.91. The minimum atomic E-state index is 0.661. The summed E-state index contributed by atoms with van der Waals surface area (Å²) in [6.07, 6.45) is 3.81. The molecule has 1 aromatic rings. The summed E-state index contributed by atoms with van der Waals surface area (Å²) in [6, 6.07) is 0. The third-order valence-corrected chi connectivity index (χ3v) is 2.89. The molecule has 0 unspecified atom stereocenters. The van der Waals surface area contributed by atoms with E-state index in [-0.39, 0.29) is 0 Å². The third kappa shape index (κ3) is 1.26. The summed E-state index contributed by atoms with van der Waals surface area (Å²) >= 11 is 1.71. The quantitative estimate of drug-likeness (QED) is 0.516. The maximum Gasteiger partial charge on any atom is 0.179 e. The molecule has 2 heterocycles. The van der Waals surface area contributed by atoms with Crippen LogP contribution in [0.1, 0.15) is 10.4 Å². The van der Waals surface area contributed by atoms with Crippen molar-refractivity contribution in [3.8, 4) is 5.75 Å². The van der Waals surface area contributed by atoms with Crippen molar-refractivity contribution in [2.75, 3.05) is 6.61 Å². The normalized spacial score (nSPS) is 15.0. The Hall–Kier alpha value is -0.800. The zero-order valence-electron chi connectivity index (χ0n) is 6.71. The van der Waals surface area contributed by atoms with E-state index in [1.807, 2.05) is 11.5 Å². The first-order chi connectivity index (χ1) is 5.92. The molecule has 0 saturated carbocycles. The molecular formula is C9H10O2S. The van der Waals surface area contributed by atoms with E-state index < -0.39 is 0 Å². The van der Waals surface area contributed by atoms with Crippen LogP contribution in [-0.4, -0.2) is 6.61 Å². The minimum Gasteiger partial charge on any atom is -0.336 e. The molecule has 0 atom stereocenters. The summed E-state index contributed by atoms with van der Waals surface area (Å²) in [5, 5.41) is 1.99. The molecule has 0 radical (unpaired) electrons. The van der Waals surface area contributed by atoms with Crippen LogP contribution in [0.4, 0.5) is 0 Å². The van der Waals surface area contributed by atoms with Crippen molar-refractivity contribution in [3.05, 3.63) is 28.5 Å². The Morgan fingerprint density at radius 2 is 2.58 bits per heavy atom. The molecule has 12 heavy (non-hydrogen) atoms. The second kappa shape index (κ2) is 3.29. The molecule has 0 aromatic carbocycles. The Morgan fingerprint density at radius 1 is 1.67 bits per heavy atom. The van der Waals surface area contributed by atoms with Gasteiger partial charge in [0.05, 0.1) is 6.61 Å². The van der Waals surface area contributed by atoms with Gasteiger partial charge in [-0.15, -0.1) is 17.9 Å². The van der Waals surface area contributed by atoms with Gasteiger partial charge in [-0.1, -0.05) is 6.08 Å². The number of fused-ring (bicyclic) bond motifs is 1. The van der Waals surface area contributed by atoms with Crippen molar-refractivity contribution in [1.82, 2.24) is 0 Å². The standard InChI is InChI=1S/C9H10O2S/c1-2-3-9-7-4-5-10-11-8(7)6-12-9/h2,6H,1,3-5H2. The zero-order chi connectivity index (χ0) is 8.39. The third-order valence-electron chi connectivity index (χ3n) is 1.86. The van der Waals surface area contributed by atoms with Gasteiger partial charge in [0.2, 0.25) is 0 Å². The van der Waals surface area contributed by atoms with Crippen LogP contribution in [0.2, 0.25) is 0 Å². The molecule has 0 saturated heterocycles. The predicted molar refractivity (Wildman–Crippen MR) is 48.5 cm³/mol. The Labute approximate surface area is 75.4 Å². The van der Waals surface area contributed by atoms with Crippen LogP contribution < -0.4 is 4.89 Å². The summed E-state index contributed by atoms with van der Waals surface area (Å²) in [6.45, 7) is 4.38. The predicted octanol–water partition coefficient (Wildman–Crippen LogP) is 2.34. The maximum atomic E-state index is 5.03. The van der Waals surface area contributed by atoms with Crippen molar-refractivity contribution < 1.29 is 9.78 Å². The van der Waals surface area contributed by atoms with E-state index in [1.165, 1.54) is 10.4 Å². The zero-order valence-corrected chi connectivity index (χ0v) is 7.52. The van der Waals surface area contributed by atoms with Gasteiger partial charge in [-0.05, 0) is 6.42 Å². The van der Waals surface area contributed by atoms with Crippen LogP contribution in [0.3, 0.4) is 0 Å². The van der Waals surface area contributed by atoms with Gasteiger partial charge in [0, 0.05) is 22.2 Å². The lowest BCUT2D eigenvalue weighted by molar-refractivity contribution is -0.214. The highest BCUT2D eigenvalue weighted by Gasteiger charge is 2.16. The van der Waals surface area contributed by atoms with Gasteiger partial charge in [-0.25, -0.2) is 0 Å². The van der Waals surface area contributed by atoms with E-state index in [0.717, 1.165) is 18.6 Å². The molecule has 0 fully saturated rings. The summed E-state index contributed by atoms with van der Waals surface area (Å²) in [4.78, 5) is 11.2. The van der Waals surface area contributed by atoms with Crippen LogP contribution in [-0.2, 0) is 17.7 Å². The second-order valence-corrected chi connectivity index (χ2v) is 3.61. The van der Waals surface area contributed by atoms with Crippen molar-refractivity contribution in [2.24, 2.45) is 0 Å². The van der Waals surface area contributed by atoms with Gasteiger partial charge in [0.1, 0.15) is 0 Å². The largest absolute Gasteiger partial charge is 0.336 e. The molecule has 1 aliphatic heterocycles. The summed E-state index contributed by atoms with van der Waals surface area (Å²) < 4.78 is 0. The van der Waals surface area contributed by atoms with Crippen molar-refractivity contribution in [1.29, 1.82) is 0 Å². The molecule has 2 nitrogen and oxygen atoms in total. The lowest BCUT2D eigenvalue weighted by Gasteiger charge is -2.12. The topological polar surface area (TPSA) is 18.5 Å². The highest BCUT2D eigenvalue weighted by molar-refractivity contribution is 7.10. The van der Waals surface area contributed by atoms with Gasteiger partial charge in [-0.3, -0.25) is 0 Å². The SMILES string of the molecule is C=CCc1scc2c1CCOO2. The molecule has 1 aromatic heterocycles. The van der Waals surface area contributed by atoms with Crippen LogP contribution in [0, 0.1) is 0 Å². The van der Waals surface area contributed by atoms with Gasteiger partial charge < -0.3 is 4.89 Å². The Bertz CT molecular complexity index is 291. The average Bonchev–Trinajstić information content (AvgIpc) is 2.50. The van der Waals surface area contributed by atoms with Gasteiger partial charge in [0.15, 0.2) is 5.75 Å². The van der Waals surface area contributed by atoms with Crippen molar-refractivity contribution >= 4 is 11.3 Å². The number of hydrogen-bond acceptors (Lipinski definition) is 3. The summed E-state index contributed by atoms with van der Waals surface area (Å²) in [5.41, 5.74) is 1.30. The van der Waals surface area contributed by atoms with Crippen molar-refractivity contribution in [3.63, 3.8) is 0 Å². The fraction of sp³-hybridized carbons (Fsp3) is 0.333. The molecule has 0 amide bonds. The van der Waals surface area contributed by atoms with E-state index >= 15 is 0 Å². The van der Waals surface area contributed by atoms with Crippen LogP contribution in [0.15, 0.2) is 18.0 Å². The van der Waals surface area contributed by atoms with E-state index in [4.69, 9.17) is 9.78 Å². The highest BCUT2D eigenvalue weighted by Crippen LogP contribution is 2.32. The number of allylic oxidation sites excluding steroid dienone is 1. The molecule has 64 valence electrons. The van der Waals surface area contributed by atoms with Crippen LogP contribution in [0.5, 0.6) is 5.75 Å². The Morgan fingerprint density at radius 3 is 3.42 bits per heavy atom. The monoisotopic (exact) mass is 182 g/mol. The first-order valence-corrected chi connectivity index (χ1v) is 4.79. The molecule has 0 aliphatic carbocycles. The lowest BCUT2D eigenvalue weighted by Crippen LogP contribution is -2.10. The molecular weight excluding hydrogens is 172 g/mol. The van der Waals surface area contributed by atoms with E-state index in [0.29, 0.717) is 6.61 Å². The fourth-order valence-electron chi connectivity index (χ4n) is 1.29. The van der Waals surface area contributed by atoms with Crippen molar-refractivity contribution in [2.45, 2.75) is 12.8 Å². The number of rotatable bonds is 2. The van der Waals surface area contributed by atoms with E-state index in [9.17, 15) is 0 Å². The van der Waals surface area contributed by atoms with E-state index in [2.05, 4.69) is 6.58 Å². The Balaban J connectivity index is 2.31. The van der Waals surface area contributed by atoms with Gasteiger partial charge in [0.25, 0.3) is 0 Å². The highest BCUT2D eigenvalue weighted by atomic mass is 32.1. The smallest absolute Gasteiger partial charge is 0.179 e. The number of thiophene rings is 1. The molecule has 0 spiro atoms. The number of hydrogen-bond donors (Lipinski definition) is 0. The average molecular weight is 182 g/mol. The molecule has 1 aliphatic rings. The molecule has 0 N–H and O–H groups in total. The first kappa shape index (κ1) is 7.83. The fourth-order valence-corrected chi connectivity index (χ4v) is 2.28. The molecule has 0 bridgehead atoms.